The van der Waals surface area contributed by atoms with Gasteiger partial charge in [0.05, 0.1) is 0 Å². The van der Waals surface area contributed by atoms with Gasteiger partial charge in [0.15, 0.2) is 0 Å². The second-order valence-electron chi connectivity index (χ2n) is 2.22. The molecule has 2 nitrogen and oxygen atoms in total. The molecule has 54 valence electrons. The van der Waals surface area contributed by atoms with Crippen LogP contribution in [0.2, 0.25) is 0 Å². The largest absolute Gasteiger partial charge is 0.352 e. The van der Waals surface area contributed by atoms with E-state index in [0.29, 0.717) is 0 Å². The van der Waals surface area contributed by atoms with E-state index in [-0.39, 0.29) is 5.91 Å². The van der Waals surface area contributed by atoms with E-state index in [0.717, 1.165) is 18.5 Å². The summed E-state index contributed by atoms with van der Waals surface area (Å²) in [6.07, 6.45) is 6.53. The Balaban J connectivity index is 2.62. The summed E-state index contributed by atoms with van der Waals surface area (Å²) in [5.74, 6) is 0.0816. The van der Waals surface area contributed by atoms with Crippen LogP contribution in [-0.2, 0) is 4.79 Å². The fraction of sp³-hybridized carbons (Fsp3) is 0.375. The van der Waals surface area contributed by atoms with Crippen LogP contribution in [0, 0.1) is 0 Å². The van der Waals surface area contributed by atoms with Gasteiger partial charge >= 0.3 is 0 Å². The first-order valence-electron chi connectivity index (χ1n) is 3.44. The van der Waals surface area contributed by atoms with Crippen molar-refractivity contribution in [2.24, 2.45) is 0 Å². The lowest BCUT2D eigenvalue weighted by Crippen LogP contribution is -2.13. The molecule has 0 aliphatic carbocycles. The average molecular weight is 137 g/mol. The van der Waals surface area contributed by atoms with Crippen LogP contribution in [-0.4, -0.2) is 12.5 Å². The maximum absolute atomic E-state index is 10.9. The van der Waals surface area contributed by atoms with Crippen molar-refractivity contribution >= 4 is 5.91 Å². The number of hydrogen-bond donors (Lipinski definition) is 1. The van der Waals surface area contributed by atoms with E-state index in [2.05, 4.69) is 5.32 Å². The van der Waals surface area contributed by atoms with Crippen LogP contribution in [0.25, 0.3) is 0 Å². The lowest BCUT2D eigenvalue weighted by atomic mass is 10.2. The summed E-state index contributed by atoms with van der Waals surface area (Å²) in [6, 6.07) is 0. The third-order valence-electron chi connectivity index (χ3n) is 1.46. The number of rotatable bonds is 1. The SMILES string of the molecule is C/C=C/C=C1\CCNC1=O. The lowest BCUT2D eigenvalue weighted by molar-refractivity contribution is -0.116. The molecule has 1 aliphatic rings. The van der Waals surface area contributed by atoms with Crippen LogP contribution in [0.3, 0.4) is 0 Å². The third-order valence-corrected chi connectivity index (χ3v) is 1.46. The molecule has 1 aliphatic heterocycles. The zero-order chi connectivity index (χ0) is 7.40. The molecule has 0 radical (unpaired) electrons. The molecule has 0 aromatic carbocycles. The molecule has 0 aromatic heterocycles. The monoisotopic (exact) mass is 137 g/mol. The van der Waals surface area contributed by atoms with E-state index in [9.17, 15) is 4.79 Å². The fourth-order valence-corrected chi connectivity index (χ4v) is 0.909. The third kappa shape index (κ3) is 1.47. The summed E-state index contributed by atoms with van der Waals surface area (Å²) in [4.78, 5) is 10.9. The predicted octanol–water partition coefficient (Wildman–Crippen LogP) is 1.01. The first-order valence-corrected chi connectivity index (χ1v) is 3.44. The van der Waals surface area contributed by atoms with Crippen LogP contribution in [0.1, 0.15) is 13.3 Å². The topological polar surface area (TPSA) is 29.1 Å². The summed E-state index contributed by atoms with van der Waals surface area (Å²) in [7, 11) is 0. The van der Waals surface area contributed by atoms with Gasteiger partial charge in [0.1, 0.15) is 0 Å². The first-order chi connectivity index (χ1) is 4.84. The molecular formula is C8H11NO. The highest BCUT2D eigenvalue weighted by Gasteiger charge is 2.13. The molecule has 0 aromatic rings. The van der Waals surface area contributed by atoms with Crippen LogP contribution < -0.4 is 5.32 Å². The molecular weight excluding hydrogens is 126 g/mol. The van der Waals surface area contributed by atoms with Gasteiger partial charge in [-0.1, -0.05) is 18.2 Å². The Labute approximate surface area is 60.6 Å². The van der Waals surface area contributed by atoms with Crippen LogP contribution in [0.4, 0.5) is 0 Å². The second-order valence-corrected chi connectivity index (χ2v) is 2.22. The molecule has 1 fully saturated rings. The Morgan fingerprint density at radius 2 is 2.40 bits per heavy atom. The standard InChI is InChI=1S/C8H11NO/c1-2-3-4-7-5-6-9-8(7)10/h2-4H,5-6H2,1H3,(H,9,10)/b3-2+,7-4+. The Morgan fingerprint density at radius 3 is 2.90 bits per heavy atom. The lowest BCUT2D eigenvalue weighted by Gasteiger charge is -1.86. The van der Waals surface area contributed by atoms with Crippen LogP contribution >= 0.6 is 0 Å². The summed E-state index contributed by atoms with van der Waals surface area (Å²) >= 11 is 0. The van der Waals surface area contributed by atoms with E-state index in [1.807, 2.05) is 25.2 Å². The van der Waals surface area contributed by atoms with Gasteiger partial charge in [0.25, 0.3) is 0 Å². The van der Waals surface area contributed by atoms with E-state index >= 15 is 0 Å². The van der Waals surface area contributed by atoms with Gasteiger partial charge in [0.2, 0.25) is 5.91 Å². The Bertz CT molecular complexity index is 191. The molecule has 10 heavy (non-hydrogen) atoms. The average Bonchev–Trinajstić information content (AvgIpc) is 2.31. The minimum atomic E-state index is 0.0816. The van der Waals surface area contributed by atoms with Crippen molar-refractivity contribution in [3.8, 4) is 0 Å². The van der Waals surface area contributed by atoms with Crippen molar-refractivity contribution in [2.45, 2.75) is 13.3 Å². The summed E-state index contributed by atoms with van der Waals surface area (Å²) in [5.41, 5.74) is 0.887. The van der Waals surface area contributed by atoms with Gasteiger partial charge in [-0.25, -0.2) is 0 Å². The van der Waals surface area contributed by atoms with Gasteiger partial charge < -0.3 is 5.32 Å². The van der Waals surface area contributed by atoms with Crippen molar-refractivity contribution < 1.29 is 4.79 Å². The molecule has 2 heteroatoms. The minimum Gasteiger partial charge on any atom is -0.352 e. The molecule has 1 amide bonds. The molecule has 0 saturated carbocycles. The maximum Gasteiger partial charge on any atom is 0.247 e. The number of nitrogens with one attached hydrogen (secondary N) is 1. The van der Waals surface area contributed by atoms with Crippen molar-refractivity contribution in [3.05, 3.63) is 23.8 Å². The normalized spacial score (nSPS) is 22.5. The van der Waals surface area contributed by atoms with E-state index < -0.39 is 0 Å². The van der Waals surface area contributed by atoms with Crippen LogP contribution in [0.15, 0.2) is 23.8 Å². The van der Waals surface area contributed by atoms with Crippen LogP contribution in [0.5, 0.6) is 0 Å². The highest BCUT2D eigenvalue weighted by Crippen LogP contribution is 2.06. The summed E-state index contributed by atoms with van der Waals surface area (Å²) < 4.78 is 0. The zero-order valence-corrected chi connectivity index (χ0v) is 6.05. The first kappa shape index (κ1) is 7.06. The number of carbonyl (C=O) groups is 1. The zero-order valence-electron chi connectivity index (χ0n) is 6.05. The Hall–Kier alpha value is -1.05. The number of amides is 1. The number of hydrogen-bond acceptors (Lipinski definition) is 1. The molecule has 1 heterocycles. The van der Waals surface area contributed by atoms with Crippen molar-refractivity contribution in [3.63, 3.8) is 0 Å². The Kier molecular flexibility index (Phi) is 2.26. The molecule has 1 N–H and O–H groups in total. The fourth-order valence-electron chi connectivity index (χ4n) is 0.909. The smallest absolute Gasteiger partial charge is 0.247 e. The predicted molar refractivity (Wildman–Crippen MR) is 40.5 cm³/mol. The van der Waals surface area contributed by atoms with Gasteiger partial charge in [-0.05, 0) is 13.3 Å². The quantitative estimate of drug-likeness (QED) is 0.537. The van der Waals surface area contributed by atoms with Gasteiger partial charge in [-0.2, -0.15) is 0 Å². The molecule has 1 saturated heterocycles. The minimum absolute atomic E-state index is 0.0816. The molecule has 0 spiro atoms. The highest BCUT2D eigenvalue weighted by atomic mass is 16.1. The van der Waals surface area contributed by atoms with Crippen molar-refractivity contribution in [1.29, 1.82) is 0 Å². The Morgan fingerprint density at radius 1 is 1.60 bits per heavy atom. The number of allylic oxidation sites excluding steroid dienone is 3. The van der Waals surface area contributed by atoms with Gasteiger partial charge in [-0.3, -0.25) is 4.79 Å². The van der Waals surface area contributed by atoms with E-state index in [1.165, 1.54) is 0 Å². The maximum atomic E-state index is 10.9. The van der Waals surface area contributed by atoms with Gasteiger partial charge in [0, 0.05) is 12.1 Å². The molecule has 1 rings (SSSR count). The van der Waals surface area contributed by atoms with E-state index in [4.69, 9.17) is 0 Å². The van der Waals surface area contributed by atoms with E-state index in [1.54, 1.807) is 0 Å². The highest BCUT2D eigenvalue weighted by molar-refractivity contribution is 5.95. The molecule has 0 atom stereocenters. The van der Waals surface area contributed by atoms with Gasteiger partial charge in [-0.15, -0.1) is 0 Å². The summed E-state index contributed by atoms with van der Waals surface area (Å²) in [5, 5.41) is 2.74. The van der Waals surface area contributed by atoms with Crippen molar-refractivity contribution in [2.75, 3.05) is 6.54 Å². The molecule has 0 unspecified atom stereocenters. The molecule has 0 bridgehead atoms. The summed E-state index contributed by atoms with van der Waals surface area (Å²) in [6.45, 7) is 2.73. The van der Waals surface area contributed by atoms with Crippen molar-refractivity contribution in [1.82, 2.24) is 5.32 Å². The second kappa shape index (κ2) is 3.20. The number of carbonyl (C=O) groups excluding carboxylic acids is 1.